The van der Waals surface area contributed by atoms with Crippen molar-refractivity contribution in [3.05, 3.63) is 23.8 Å². The van der Waals surface area contributed by atoms with Gasteiger partial charge in [0.2, 0.25) is 12.7 Å². The summed E-state index contributed by atoms with van der Waals surface area (Å²) in [5, 5.41) is 14.5. The highest BCUT2D eigenvalue weighted by molar-refractivity contribution is 6.05. The number of hydrogen-bond acceptors (Lipinski definition) is 6. The normalized spacial score (nSPS) is 19.4. The van der Waals surface area contributed by atoms with Crippen LogP contribution in [0, 0.1) is 5.92 Å². The molecule has 9 nitrogen and oxygen atoms in total. The Morgan fingerprint density at radius 1 is 1.33 bits per heavy atom. The fourth-order valence-electron chi connectivity index (χ4n) is 2.96. The van der Waals surface area contributed by atoms with E-state index in [1.165, 1.54) is 0 Å². The molecule has 2 heterocycles. The minimum atomic E-state index is -0.919. The first-order valence-corrected chi connectivity index (χ1v) is 8.79. The maximum absolute atomic E-state index is 12.5. The fourth-order valence-corrected chi connectivity index (χ4v) is 2.96. The van der Waals surface area contributed by atoms with Crippen molar-refractivity contribution in [2.75, 3.05) is 13.4 Å². The Balaban J connectivity index is 1.60. The van der Waals surface area contributed by atoms with Crippen LogP contribution in [0.5, 0.6) is 11.5 Å². The summed E-state index contributed by atoms with van der Waals surface area (Å²) < 4.78 is 10.5. The van der Waals surface area contributed by atoms with Crippen molar-refractivity contribution < 1.29 is 29.0 Å². The molecule has 1 fully saturated rings. The number of hydrogen-bond donors (Lipinski definition) is 3. The van der Waals surface area contributed by atoms with Crippen molar-refractivity contribution in [1.29, 1.82) is 0 Å². The van der Waals surface area contributed by atoms with E-state index >= 15 is 0 Å². The van der Waals surface area contributed by atoms with Gasteiger partial charge in [-0.05, 0) is 23.6 Å². The lowest BCUT2D eigenvalue weighted by atomic mass is 10.0. The van der Waals surface area contributed by atoms with Gasteiger partial charge in [-0.2, -0.15) is 0 Å². The molecule has 0 aliphatic carbocycles. The molecular formula is C18H23N3O6. The van der Waals surface area contributed by atoms with Crippen molar-refractivity contribution >= 4 is 17.8 Å². The predicted octanol–water partition coefficient (Wildman–Crippen LogP) is 0.359. The molecule has 1 aromatic rings. The number of nitrogens with one attached hydrogen (secondary N) is 2. The summed E-state index contributed by atoms with van der Waals surface area (Å²) in [4.78, 5) is 37.9. The maximum Gasteiger partial charge on any atom is 0.325 e. The van der Waals surface area contributed by atoms with Gasteiger partial charge in [0.25, 0.3) is 5.91 Å². The van der Waals surface area contributed by atoms with Crippen molar-refractivity contribution in [3.63, 3.8) is 0 Å². The van der Waals surface area contributed by atoms with Gasteiger partial charge in [-0.15, -0.1) is 0 Å². The Morgan fingerprint density at radius 3 is 2.78 bits per heavy atom. The van der Waals surface area contributed by atoms with E-state index in [4.69, 9.17) is 9.47 Å². The van der Waals surface area contributed by atoms with Gasteiger partial charge in [0, 0.05) is 0 Å². The zero-order valence-electron chi connectivity index (χ0n) is 15.2. The highest BCUT2D eigenvalue weighted by atomic mass is 16.7. The van der Waals surface area contributed by atoms with Gasteiger partial charge in [-0.25, -0.2) is 4.79 Å². The smallest absolute Gasteiger partial charge is 0.325 e. The van der Waals surface area contributed by atoms with Gasteiger partial charge in [-0.3, -0.25) is 14.5 Å². The maximum atomic E-state index is 12.5. The molecular weight excluding hydrogens is 354 g/mol. The van der Waals surface area contributed by atoms with Crippen LogP contribution in [0.25, 0.3) is 0 Å². The van der Waals surface area contributed by atoms with E-state index in [1.807, 2.05) is 13.8 Å². The number of benzene rings is 1. The van der Waals surface area contributed by atoms with Crippen LogP contribution in [-0.4, -0.2) is 53.3 Å². The van der Waals surface area contributed by atoms with Crippen LogP contribution in [0.3, 0.4) is 0 Å². The van der Waals surface area contributed by atoms with Gasteiger partial charge >= 0.3 is 6.03 Å². The first kappa shape index (κ1) is 19.0. The number of nitrogens with zero attached hydrogens (tertiary/aromatic N) is 1. The van der Waals surface area contributed by atoms with Crippen molar-refractivity contribution in [2.24, 2.45) is 5.92 Å². The molecule has 9 heteroatoms. The fraction of sp³-hybridized carbons (Fsp3) is 0.500. The summed E-state index contributed by atoms with van der Waals surface area (Å²) in [6, 6.07) is 3.34. The molecule has 4 amide bonds. The van der Waals surface area contributed by atoms with Gasteiger partial charge in [0.1, 0.15) is 6.04 Å². The third-order valence-electron chi connectivity index (χ3n) is 4.62. The van der Waals surface area contributed by atoms with Crippen LogP contribution >= 0.6 is 0 Å². The second-order valence-corrected chi connectivity index (χ2v) is 6.92. The third-order valence-corrected chi connectivity index (χ3v) is 4.62. The number of amides is 4. The number of fused-ring (bicyclic) bond motifs is 1. The number of imide groups is 1. The number of aliphatic hydroxyl groups is 1. The summed E-state index contributed by atoms with van der Waals surface area (Å²) in [6.07, 6.45) is -0.175. The summed E-state index contributed by atoms with van der Waals surface area (Å²) in [5.74, 6) is 0.382. The molecule has 0 bridgehead atoms. The predicted molar refractivity (Wildman–Crippen MR) is 93.9 cm³/mol. The van der Waals surface area contributed by atoms with Gasteiger partial charge in [-0.1, -0.05) is 19.9 Å². The Hall–Kier alpha value is -2.81. The molecule has 3 N–H and O–H groups in total. The molecule has 0 radical (unpaired) electrons. The van der Waals surface area contributed by atoms with E-state index in [0.29, 0.717) is 17.1 Å². The molecule has 0 spiro atoms. The number of urea groups is 1. The van der Waals surface area contributed by atoms with Gasteiger partial charge in [0.05, 0.1) is 25.6 Å². The van der Waals surface area contributed by atoms with Crippen molar-refractivity contribution in [1.82, 2.24) is 15.5 Å². The van der Waals surface area contributed by atoms with E-state index in [0.717, 1.165) is 4.90 Å². The van der Waals surface area contributed by atoms with E-state index in [1.54, 1.807) is 18.2 Å². The molecule has 2 aliphatic heterocycles. The SMILES string of the molecule is CC(C)[C@H](CO)NC(=O)C[C@H]1NC(=O)N(Cc2ccc3c(c2)OCO3)C1=O. The van der Waals surface area contributed by atoms with E-state index in [9.17, 15) is 19.5 Å². The molecule has 0 unspecified atom stereocenters. The van der Waals surface area contributed by atoms with Crippen molar-refractivity contribution in [3.8, 4) is 11.5 Å². The minimum absolute atomic E-state index is 0.0512. The highest BCUT2D eigenvalue weighted by Crippen LogP contribution is 2.33. The average Bonchev–Trinajstić information content (AvgIpc) is 3.19. The molecule has 1 aromatic carbocycles. The highest BCUT2D eigenvalue weighted by Gasteiger charge is 2.39. The van der Waals surface area contributed by atoms with Crippen LogP contribution in [0.2, 0.25) is 0 Å². The van der Waals surface area contributed by atoms with Crippen LogP contribution in [-0.2, 0) is 16.1 Å². The molecule has 0 aromatic heterocycles. The Morgan fingerprint density at radius 2 is 2.07 bits per heavy atom. The zero-order chi connectivity index (χ0) is 19.6. The lowest BCUT2D eigenvalue weighted by Crippen LogP contribution is -2.44. The number of aliphatic hydroxyl groups excluding tert-OH is 1. The number of carbonyl (C=O) groups excluding carboxylic acids is 3. The molecule has 2 atom stereocenters. The van der Waals surface area contributed by atoms with E-state index < -0.39 is 29.9 Å². The minimum Gasteiger partial charge on any atom is -0.454 e. The lowest BCUT2D eigenvalue weighted by Gasteiger charge is -2.20. The third kappa shape index (κ3) is 4.13. The second-order valence-electron chi connectivity index (χ2n) is 6.92. The Bertz CT molecular complexity index is 751. The van der Waals surface area contributed by atoms with E-state index in [-0.39, 0.29) is 32.3 Å². The first-order chi connectivity index (χ1) is 12.9. The van der Waals surface area contributed by atoms with Crippen LogP contribution in [0.4, 0.5) is 4.79 Å². The first-order valence-electron chi connectivity index (χ1n) is 8.79. The molecule has 1 saturated heterocycles. The quantitative estimate of drug-likeness (QED) is 0.591. The largest absolute Gasteiger partial charge is 0.454 e. The zero-order valence-corrected chi connectivity index (χ0v) is 15.2. The number of carbonyl (C=O) groups is 3. The van der Waals surface area contributed by atoms with Crippen LogP contribution in [0.15, 0.2) is 18.2 Å². The van der Waals surface area contributed by atoms with Crippen molar-refractivity contribution in [2.45, 2.75) is 38.9 Å². The number of ether oxygens (including phenoxy) is 2. The van der Waals surface area contributed by atoms with Crippen LogP contribution < -0.4 is 20.1 Å². The number of rotatable bonds is 7. The molecule has 27 heavy (non-hydrogen) atoms. The standard InChI is InChI=1S/C18H23N3O6/c1-10(2)13(8-22)19-16(23)6-12-17(24)21(18(25)20-12)7-11-3-4-14-15(5-11)27-9-26-14/h3-5,10,12-13,22H,6-9H2,1-2H3,(H,19,23)(H,20,25)/t12-,13+/m1/s1. The van der Waals surface area contributed by atoms with Gasteiger partial charge < -0.3 is 25.2 Å². The lowest BCUT2D eigenvalue weighted by molar-refractivity contribution is -0.131. The molecule has 146 valence electrons. The summed E-state index contributed by atoms with van der Waals surface area (Å²) in [7, 11) is 0. The monoisotopic (exact) mass is 377 g/mol. The summed E-state index contributed by atoms with van der Waals surface area (Å²) >= 11 is 0. The Kier molecular flexibility index (Phi) is 5.50. The Labute approximate surface area is 156 Å². The van der Waals surface area contributed by atoms with Crippen LogP contribution in [0.1, 0.15) is 25.8 Å². The van der Waals surface area contributed by atoms with Gasteiger partial charge in [0.15, 0.2) is 11.5 Å². The molecule has 2 aliphatic rings. The second kappa shape index (κ2) is 7.83. The summed E-state index contributed by atoms with van der Waals surface area (Å²) in [5.41, 5.74) is 0.716. The molecule has 3 rings (SSSR count). The topological polar surface area (TPSA) is 117 Å². The van der Waals surface area contributed by atoms with E-state index in [2.05, 4.69) is 10.6 Å². The molecule has 0 saturated carbocycles. The average molecular weight is 377 g/mol. The summed E-state index contributed by atoms with van der Waals surface area (Å²) in [6.45, 7) is 3.77.